The van der Waals surface area contributed by atoms with Gasteiger partial charge in [-0.15, -0.1) is 0 Å². The van der Waals surface area contributed by atoms with E-state index < -0.39 is 12.0 Å². The van der Waals surface area contributed by atoms with E-state index in [9.17, 15) is 9.59 Å². The van der Waals surface area contributed by atoms with Gasteiger partial charge in [-0.25, -0.2) is 4.79 Å². The molecule has 0 fully saturated rings. The van der Waals surface area contributed by atoms with Crippen LogP contribution >= 0.6 is 0 Å². The van der Waals surface area contributed by atoms with Crippen LogP contribution in [0.4, 0.5) is 0 Å². The van der Waals surface area contributed by atoms with Crippen LogP contribution in [0.1, 0.15) is 23.7 Å². The lowest BCUT2D eigenvalue weighted by Crippen LogP contribution is -2.40. The highest BCUT2D eigenvalue weighted by atomic mass is 16.4. The molecule has 0 aliphatic rings. The maximum absolute atomic E-state index is 12.0. The Morgan fingerprint density at radius 2 is 2.17 bits per heavy atom. The van der Waals surface area contributed by atoms with E-state index in [-0.39, 0.29) is 5.91 Å². The number of carboxylic acid groups (broad SMARTS) is 1. The fourth-order valence-corrected chi connectivity index (χ4v) is 1.85. The van der Waals surface area contributed by atoms with Crippen LogP contribution in [-0.4, -0.2) is 28.0 Å². The van der Waals surface area contributed by atoms with Crippen LogP contribution in [-0.2, 0) is 4.79 Å². The summed E-state index contributed by atoms with van der Waals surface area (Å²) in [5.74, 6) is -1.40. The molecule has 5 nitrogen and oxygen atoms in total. The lowest BCUT2D eigenvalue weighted by Gasteiger charge is -2.12. The Labute approximate surface area is 104 Å². The van der Waals surface area contributed by atoms with E-state index in [0.29, 0.717) is 12.0 Å². The predicted molar refractivity (Wildman–Crippen MR) is 67.5 cm³/mol. The number of aromatic amines is 1. The highest BCUT2D eigenvalue weighted by molar-refractivity contribution is 6.06. The minimum absolute atomic E-state index is 0.349. The Bertz CT molecular complexity index is 589. The molecule has 3 N–H and O–H groups in total. The van der Waals surface area contributed by atoms with E-state index in [1.807, 2.05) is 12.1 Å². The van der Waals surface area contributed by atoms with E-state index in [4.69, 9.17) is 5.11 Å². The first-order chi connectivity index (χ1) is 8.63. The lowest BCUT2D eigenvalue weighted by atomic mass is 10.1. The van der Waals surface area contributed by atoms with Crippen molar-refractivity contribution in [2.45, 2.75) is 19.4 Å². The number of rotatable bonds is 4. The number of amides is 1. The fraction of sp³-hybridized carbons (Fsp3) is 0.231. The predicted octanol–water partition coefficient (Wildman–Crippen LogP) is 1.76. The average molecular weight is 246 g/mol. The van der Waals surface area contributed by atoms with Gasteiger partial charge >= 0.3 is 5.97 Å². The molecule has 0 saturated heterocycles. The molecule has 1 amide bonds. The van der Waals surface area contributed by atoms with Gasteiger partial charge in [0.15, 0.2) is 0 Å². The van der Waals surface area contributed by atoms with E-state index in [2.05, 4.69) is 10.3 Å². The standard InChI is InChI=1S/C13H14N2O3/c1-2-10(13(17)18)15-12(16)9-5-3-4-8-6-7-14-11(8)9/h3-7,10,14H,2H2,1H3,(H,15,16)(H,17,18). The van der Waals surface area contributed by atoms with Crippen LogP contribution in [0, 0.1) is 0 Å². The number of hydrogen-bond donors (Lipinski definition) is 3. The van der Waals surface area contributed by atoms with Crippen molar-refractivity contribution in [1.82, 2.24) is 10.3 Å². The van der Waals surface area contributed by atoms with Crippen LogP contribution in [0.3, 0.4) is 0 Å². The molecule has 2 rings (SSSR count). The molecular weight excluding hydrogens is 232 g/mol. The van der Waals surface area contributed by atoms with Gasteiger partial charge in [0.2, 0.25) is 0 Å². The van der Waals surface area contributed by atoms with Crippen molar-refractivity contribution in [3.05, 3.63) is 36.0 Å². The van der Waals surface area contributed by atoms with E-state index in [1.54, 1.807) is 25.3 Å². The first-order valence-corrected chi connectivity index (χ1v) is 5.73. The zero-order chi connectivity index (χ0) is 13.1. The molecule has 0 saturated carbocycles. The highest BCUT2D eigenvalue weighted by Crippen LogP contribution is 2.16. The summed E-state index contributed by atoms with van der Waals surface area (Å²) in [7, 11) is 0. The summed E-state index contributed by atoms with van der Waals surface area (Å²) in [6.07, 6.45) is 2.09. The van der Waals surface area contributed by atoms with Crippen LogP contribution in [0.5, 0.6) is 0 Å². The highest BCUT2D eigenvalue weighted by Gasteiger charge is 2.19. The number of para-hydroxylation sites is 1. The maximum atomic E-state index is 12.0. The number of hydrogen-bond acceptors (Lipinski definition) is 2. The van der Waals surface area contributed by atoms with Crippen molar-refractivity contribution < 1.29 is 14.7 Å². The van der Waals surface area contributed by atoms with Gasteiger partial charge in [-0.05, 0) is 18.6 Å². The third-order valence-electron chi connectivity index (χ3n) is 2.84. The molecule has 5 heteroatoms. The van der Waals surface area contributed by atoms with Crippen LogP contribution < -0.4 is 5.32 Å². The second-order valence-electron chi connectivity index (χ2n) is 4.02. The molecule has 1 heterocycles. The van der Waals surface area contributed by atoms with Gasteiger partial charge in [-0.2, -0.15) is 0 Å². The third kappa shape index (κ3) is 2.20. The Hall–Kier alpha value is -2.30. The third-order valence-corrected chi connectivity index (χ3v) is 2.84. The summed E-state index contributed by atoms with van der Waals surface area (Å²) in [4.78, 5) is 25.9. The van der Waals surface area contributed by atoms with Crippen molar-refractivity contribution >= 4 is 22.8 Å². The van der Waals surface area contributed by atoms with Crippen LogP contribution in [0.2, 0.25) is 0 Å². The summed E-state index contributed by atoms with van der Waals surface area (Å²) in [5, 5.41) is 12.3. The smallest absolute Gasteiger partial charge is 0.326 e. The second-order valence-corrected chi connectivity index (χ2v) is 4.02. The van der Waals surface area contributed by atoms with Crippen molar-refractivity contribution in [2.24, 2.45) is 0 Å². The number of benzene rings is 1. The van der Waals surface area contributed by atoms with E-state index >= 15 is 0 Å². The summed E-state index contributed by atoms with van der Waals surface area (Å²) in [5.41, 5.74) is 1.17. The SMILES string of the molecule is CCC(NC(=O)c1cccc2cc[nH]c12)C(=O)O. The van der Waals surface area contributed by atoms with Crippen LogP contribution in [0.25, 0.3) is 10.9 Å². The molecule has 1 aromatic carbocycles. The first kappa shape index (κ1) is 12.2. The molecule has 1 unspecified atom stereocenters. The number of aromatic nitrogens is 1. The maximum Gasteiger partial charge on any atom is 0.326 e. The minimum atomic E-state index is -1.02. The van der Waals surface area contributed by atoms with Gasteiger partial charge in [0.1, 0.15) is 6.04 Å². The molecule has 94 valence electrons. The van der Waals surface area contributed by atoms with E-state index in [0.717, 1.165) is 10.9 Å². The monoisotopic (exact) mass is 246 g/mol. The zero-order valence-corrected chi connectivity index (χ0v) is 9.93. The van der Waals surface area contributed by atoms with Crippen LogP contribution in [0.15, 0.2) is 30.5 Å². The molecular formula is C13H14N2O3. The number of nitrogens with one attached hydrogen (secondary N) is 2. The van der Waals surface area contributed by atoms with E-state index in [1.165, 1.54) is 0 Å². The van der Waals surface area contributed by atoms with Gasteiger partial charge in [-0.3, -0.25) is 4.79 Å². The zero-order valence-electron chi connectivity index (χ0n) is 9.93. The fourth-order valence-electron chi connectivity index (χ4n) is 1.85. The molecule has 0 bridgehead atoms. The van der Waals surface area contributed by atoms with Gasteiger partial charge in [0, 0.05) is 11.6 Å². The molecule has 18 heavy (non-hydrogen) atoms. The summed E-state index contributed by atoms with van der Waals surface area (Å²) in [6, 6.07) is 6.33. The Morgan fingerprint density at radius 3 is 2.83 bits per heavy atom. The number of fused-ring (bicyclic) bond motifs is 1. The van der Waals surface area contributed by atoms with Crippen molar-refractivity contribution in [3.63, 3.8) is 0 Å². The summed E-state index contributed by atoms with van der Waals surface area (Å²) >= 11 is 0. The molecule has 1 aromatic heterocycles. The number of aliphatic carboxylic acids is 1. The number of carboxylic acids is 1. The molecule has 0 aliphatic carbocycles. The summed E-state index contributed by atoms with van der Waals surface area (Å²) < 4.78 is 0. The second kappa shape index (κ2) is 4.91. The first-order valence-electron chi connectivity index (χ1n) is 5.73. The minimum Gasteiger partial charge on any atom is -0.480 e. The van der Waals surface area contributed by atoms with Crippen molar-refractivity contribution in [2.75, 3.05) is 0 Å². The van der Waals surface area contributed by atoms with Crippen molar-refractivity contribution in [3.8, 4) is 0 Å². The number of carbonyl (C=O) groups is 2. The molecule has 1 atom stereocenters. The normalized spacial score (nSPS) is 12.3. The molecule has 2 aromatic rings. The van der Waals surface area contributed by atoms with Gasteiger partial charge in [-0.1, -0.05) is 19.1 Å². The number of H-pyrrole nitrogens is 1. The molecule has 0 spiro atoms. The molecule has 0 radical (unpaired) electrons. The topological polar surface area (TPSA) is 82.2 Å². The quantitative estimate of drug-likeness (QED) is 0.768. The van der Waals surface area contributed by atoms with Gasteiger partial charge in [0.25, 0.3) is 5.91 Å². The Morgan fingerprint density at radius 1 is 1.39 bits per heavy atom. The van der Waals surface area contributed by atoms with Crippen molar-refractivity contribution in [1.29, 1.82) is 0 Å². The lowest BCUT2D eigenvalue weighted by molar-refractivity contribution is -0.139. The Balaban J connectivity index is 2.28. The average Bonchev–Trinajstić information content (AvgIpc) is 2.82. The largest absolute Gasteiger partial charge is 0.480 e. The molecule has 0 aliphatic heterocycles. The van der Waals surface area contributed by atoms with Gasteiger partial charge < -0.3 is 15.4 Å². The number of carbonyl (C=O) groups excluding carboxylic acids is 1. The summed E-state index contributed by atoms with van der Waals surface area (Å²) in [6.45, 7) is 1.72. The van der Waals surface area contributed by atoms with Gasteiger partial charge in [0.05, 0.1) is 11.1 Å². The Kier molecular flexibility index (Phi) is 3.32.